The summed E-state index contributed by atoms with van der Waals surface area (Å²) in [6, 6.07) is 13.5. The number of halogens is 2. The number of anilines is 1. The van der Waals surface area contributed by atoms with E-state index in [-0.39, 0.29) is 40.0 Å². The standard InChI is InChI=1S/C49H62F2N8O15P2S/c1-3-4-13-37(60)53-23-11-9-7-5-6-8-10-12-25-68-34-20-16-33(17-21-34)48(63)71-35-18-14-32(15-19-35)28-77-76(67)70-27-36-43(40(51)47(72-36)59-30-56-41-44(52)54-29-55-45(41)59)73-75(65,66)69-26-31(2)42(74-76)39(50)46(62)58-24-22-38(61)57-49(58)64/h3,14-22,24,29-31,36,39-40,42-43,46-47,62H,1,4-13,23,25-28H2,2H3,(H,53,60)(H,65,66)(H2,52,54,55)(H,57,61,64)/t31-,36-,39-,40-,42-,43-,46-,47-,76?/m1/s1. The fraction of sp³-hybridized carbons (Fsp3) is 0.490. The number of esters is 1. The van der Waals surface area contributed by atoms with Crippen LogP contribution in [0.15, 0.2) is 95.7 Å². The van der Waals surface area contributed by atoms with Gasteiger partial charge in [0.1, 0.15) is 41.7 Å². The molecule has 0 bridgehead atoms. The van der Waals surface area contributed by atoms with Gasteiger partial charge in [-0.2, -0.15) is 0 Å². The molecule has 3 aromatic heterocycles. The molecule has 7 rings (SSSR count). The van der Waals surface area contributed by atoms with Gasteiger partial charge in [-0.3, -0.25) is 41.8 Å². The number of phosphoric acid groups is 1. The average molecular weight is 1140 g/mol. The third-order valence-electron chi connectivity index (χ3n) is 12.5. The number of allylic oxidation sites excluding steroid dienone is 1. The van der Waals surface area contributed by atoms with Gasteiger partial charge in [-0.15, -0.1) is 6.58 Å². The Hall–Kier alpha value is -5.66. The third-order valence-corrected chi connectivity index (χ3v) is 17.1. The molecular weight excluding hydrogens is 1070 g/mol. The highest BCUT2D eigenvalue weighted by molar-refractivity contribution is 8.54. The Morgan fingerprint density at radius 2 is 1.68 bits per heavy atom. The Kier molecular flexibility index (Phi) is 21.3. The van der Waals surface area contributed by atoms with Crippen molar-refractivity contribution < 1.29 is 69.8 Å². The first-order valence-electron chi connectivity index (χ1n) is 24.9. The Labute approximate surface area is 445 Å². The number of hydrogen-bond acceptors (Lipinski definition) is 19. The minimum Gasteiger partial charge on any atom is -0.494 e. The van der Waals surface area contributed by atoms with E-state index < -0.39 is 94.1 Å². The highest BCUT2D eigenvalue weighted by Crippen LogP contribution is 2.64. The number of carbonyl (C=O) groups is 2. The van der Waals surface area contributed by atoms with Crippen LogP contribution in [0.25, 0.3) is 11.2 Å². The van der Waals surface area contributed by atoms with Gasteiger partial charge < -0.3 is 35.3 Å². The van der Waals surface area contributed by atoms with E-state index in [2.05, 4.69) is 26.8 Å². The maximum Gasteiger partial charge on any atom is 0.472 e. The van der Waals surface area contributed by atoms with Gasteiger partial charge in [-0.05, 0) is 72.6 Å². The monoisotopic (exact) mass is 1130 g/mol. The van der Waals surface area contributed by atoms with E-state index in [0.717, 1.165) is 80.9 Å². The predicted octanol–water partition coefficient (Wildman–Crippen LogP) is 7.42. The SMILES string of the molecule is C=CCCC(=O)NCCCCCCCCCCOc1ccc(C(=O)Oc2ccc(CSP3(=O)OC[C@H]4O[C@@H](n5cnc6c(N)ncnc65)[C@H](F)[C@@H]4OP(=O)(O)OC[C@@H](C)[C@H]([C@@H](F)[C@@H](O)n4ccc(=O)[nH]c4=O)O3)cc2)cc1. The number of nitrogen functional groups attached to an aromatic ring is 1. The Morgan fingerprint density at radius 3 is 2.39 bits per heavy atom. The van der Waals surface area contributed by atoms with Gasteiger partial charge in [-0.1, -0.05) is 63.7 Å². The highest BCUT2D eigenvalue weighted by atomic mass is 32.7. The van der Waals surface area contributed by atoms with Crippen molar-refractivity contribution in [1.29, 1.82) is 0 Å². The second-order valence-electron chi connectivity index (χ2n) is 18.3. The van der Waals surface area contributed by atoms with E-state index in [1.807, 2.05) is 4.98 Å². The molecule has 0 saturated carbocycles. The van der Waals surface area contributed by atoms with E-state index in [4.69, 9.17) is 38.0 Å². The third kappa shape index (κ3) is 16.4. The molecule has 10 atom stereocenters. The summed E-state index contributed by atoms with van der Waals surface area (Å²) in [6.45, 7) is -0.361. The molecule has 0 radical (unpaired) electrons. The number of fused-ring (bicyclic) bond motifs is 2. The summed E-state index contributed by atoms with van der Waals surface area (Å²) < 4.78 is 103. The maximum atomic E-state index is 16.6. The number of ether oxygens (including phenoxy) is 3. The average Bonchev–Trinajstić information content (AvgIpc) is 4.01. The number of carbonyl (C=O) groups excluding carboxylic acids is 2. The second-order valence-corrected chi connectivity index (χ2v) is 23.7. The van der Waals surface area contributed by atoms with Crippen molar-refractivity contribution >= 4 is 54.9 Å². The van der Waals surface area contributed by atoms with Crippen LogP contribution in [0.2, 0.25) is 0 Å². The van der Waals surface area contributed by atoms with E-state index in [1.54, 1.807) is 42.5 Å². The van der Waals surface area contributed by atoms with Crippen LogP contribution in [-0.2, 0) is 42.5 Å². The molecule has 2 unspecified atom stereocenters. The molecule has 2 saturated heterocycles. The van der Waals surface area contributed by atoms with Crippen LogP contribution in [-0.4, -0.2) is 108 Å². The first-order chi connectivity index (χ1) is 36.9. The van der Waals surface area contributed by atoms with Crippen molar-refractivity contribution in [1.82, 2.24) is 34.4 Å². The topological polar surface area (TPSA) is 310 Å². The number of nitrogens with zero attached hydrogens (tertiary/aromatic N) is 5. The molecule has 28 heteroatoms. The number of aromatic nitrogens is 6. The van der Waals surface area contributed by atoms with Gasteiger partial charge in [0.25, 0.3) is 5.56 Å². The molecule has 77 heavy (non-hydrogen) atoms. The lowest BCUT2D eigenvalue weighted by Gasteiger charge is -2.34. The molecule has 6 N–H and O–H groups in total. The molecule has 23 nitrogen and oxygen atoms in total. The number of benzene rings is 2. The lowest BCUT2D eigenvalue weighted by atomic mass is 10.0. The Balaban J connectivity index is 0.960. The summed E-state index contributed by atoms with van der Waals surface area (Å²) in [5.41, 5.74) is 4.75. The van der Waals surface area contributed by atoms with Gasteiger partial charge >= 0.3 is 26.3 Å². The number of nitrogens with one attached hydrogen (secondary N) is 2. The zero-order valence-corrected chi connectivity index (χ0v) is 44.6. The van der Waals surface area contributed by atoms with Crippen molar-refractivity contribution in [2.45, 2.75) is 120 Å². The molecule has 2 aromatic carbocycles. The number of imidazole rings is 1. The van der Waals surface area contributed by atoms with Gasteiger partial charge in [-0.25, -0.2) is 42.5 Å². The van der Waals surface area contributed by atoms with Crippen LogP contribution < -0.4 is 31.8 Å². The number of nitrogens with two attached hydrogens (primary N) is 1. The number of phosphoric ester groups is 1. The molecule has 418 valence electrons. The van der Waals surface area contributed by atoms with E-state index in [9.17, 15) is 38.3 Å². The van der Waals surface area contributed by atoms with Gasteiger partial charge in [0.05, 0.1) is 31.7 Å². The van der Waals surface area contributed by atoms with E-state index in [0.29, 0.717) is 53.3 Å². The van der Waals surface area contributed by atoms with Crippen LogP contribution in [0.3, 0.4) is 0 Å². The summed E-state index contributed by atoms with van der Waals surface area (Å²) in [5.74, 6) is -1.39. The summed E-state index contributed by atoms with van der Waals surface area (Å²) in [6.07, 6.45) is -0.0102. The summed E-state index contributed by atoms with van der Waals surface area (Å²) in [4.78, 5) is 73.9. The van der Waals surface area contributed by atoms with Gasteiger partial charge in [0.15, 0.2) is 36.3 Å². The molecule has 2 aliphatic rings. The first kappa shape index (κ1) is 59.0. The zero-order chi connectivity index (χ0) is 55.1. The number of unbranched alkanes of at least 4 members (excludes halogenated alkanes) is 7. The van der Waals surface area contributed by atoms with Crippen LogP contribution in [0, 0.1) is 5.92 Å². The predicted molar refractivity (Wildman–Crippen MR) is 278 cm³/mol. The summed E-state index contributed by atoms with van der Waals surface area (Å²) in [7, 11) is -5.23. The minimum atomic E-state index is -5.23. The first-order valence-corrected chi connectivity index (χ1v) is 29.6. The number of alkyl halides is 2. The van der Waals surface area contributed by atoms with E-state index >= 15 is 8.78 Å². The van der Waals surface area contributed by atoms with Crippen LogP contribution >= 0.6 is 26.0 Å². The molecule has 2 fully saturated rings. The number of amides is 1. The van der Waals surface area contributed by atoms with Crippen LogP contribution in [0.4, 0.5) is 14.6 Å². The van der Waals surface area contributed by atoms with E-state index in [1.165, 1.54) is 19.1 Å². The zero-order valence-electron chi connectivity index (χ0n) is 42.0. The van der Waals surface area contributed by atoms with Crippen molar-refractivity contribution in [2.75, 3.05) is 32.1 Å². The molecule has 1 amide bonds. The normalized spacial score (nSPS) is 24.7. The lowest BCUT2D eigenvalue weighted by Crippen LogP contribution is -2.43. The van der Waals surface area contributed by atoms with Crippen molar-refractivity contribution in [2.24, 2.45) is 5.92 Å². The smallest absolute Gasteiger partial charge is 0.472 e. The number of aliphatic hydroxyl groups excluding tert-OH is 1. The Morgan fingerprint density at radius 1 is 0.974 bits per heavy atom. The number of aliphatic hydroxyl groups is 1. The maximum absolute atomic E-state index is 16.6. The molecule has 5 aromatic rings. The molecule has 0 spiro atoms. The largest absolute Gasteiger partial charge is 0.494 e. The molecule has 2 aliphatic heterocycles. The van der Waals surface area contributed by atoms with Crippen molar-refractivity contribution in [3.63, 3.8) is 0 Å². The van der Waals surface area contributed by atoms with Crippen LogP contribution in [0.5, 0.6) is 11.5 Å². The quantitative estimate of drug-likeness (QED) is 0.0132. The molecular formula is C49H62F2N8O15P2S. The number of aromatic amines is 1. The van der Waals surface area contributed by atoms with Gasteiger partial charge in [0, 0.05) is 36.9 Å². The summed E-state index contributed by atoms with van der Waals surface area (Å²) in [5, 5.41) is 14.0. The van der Waals surface area contributed by atoms with Crippen LogP contribution in [0.1, 0.15) is 99.5 Å². The minimum absolute atomic E-state index is 0.0297. The van der Waals surface area contributed by atoms with Crippen molar-refractivity contribution in [3.8, 4) is 11.5 Å². The number of hydrogen-bond donors (Lipinski definition) is 5. The second kappa shape index (κ2) is 27.8. The highest BCUT2D eigenvalue weighted by Gasteiger charge is 2.52. The fourth-order valence-corrected chi connectivity index (χ4v) is 12.8. The number of rotatable bonds is 24. The number of H-pyrrole nitrogens is 1. The fourth-order valence-electron chi connectivity index (χ4n) is 8.26. The lowest BCUT2D eigenvalue weighted by molar-refractivity contribution is -0.121. The molecule has 0 aliphatic carbocycles. The van der Waals surface area contributed by atoms with Gasteiger partial charge in [0.2, 0.25) is 5.91 Å². The van der Waals surface area contributed by atoms with Crippen molar-refractivity contribution in [3.05, 3.63) is 118 Å². The summed E-state index contributed by atoms with van der Waals surface area (Å²) >= 11 is 0.544. The molecule has 5 heterocycles. The Bertz CT molecular complexity index is 2990.